The zero-order chi connectivity index (χ0) is 14.1. The highest BCUT2D eigenvalue weighted by atomic mass is 35.5. The first-order valence-corrected chi connectivity index (χ1v) is 6.94. The van der Waals surface area contributed by atoms with Crippen molar-refractivity contribution in [2.24, 2.45) is 0 Å². The van der Waals surface area contributed by atoms with Crippen LogP contribution in [0.1, 0.15) is 11.1 Å². The Balaban J connectivity index is 1.80. The van der Waals surface area contributed by atoms with E-state index in [1.165, 1.54) is 5.56 Å². The number of nitrogen functional groups attached to an aromatic ring is 1. The van der Waals surface area contributed by atoms with Crippen molar-refractivity contribution in [3.63, 3.8) is 0 Å². The second kappa shape index (κ2) is 5.17. The number of amides is 1. The summed E-state index contributed by atoms with van der Waals surface area (Å²) in [7, 11) is 0. The molecule has 0 spiro atoms. The van der Waals surface area contributed by atoms with E-state index >= 15 is 0 Å². The summed E-state index contributed by atoms with van der Waals surface area (Å²) >= 11 is 5.85. The molecule has 0 saturated carbocycles. The summed E-state index contributed by atoms with van der Waals surface area (Å²) < 4.78 is 0. The largest absolute Gasteiger partial charge is 0.399 e. The minimum atomic E-state index is 0.0941. The number of halogens is 1. The highest BCUT2D eigenvalue weighted by molar-refractivity contribution is 6.30. The summed E-state index contributed by atoms with van der Waals surface area (Å²) in [6.45, 7) is 0.727. The molecular weight excluding hydrogens is 272 g/mol. The summed E-state index contributed by atoms with van der Waals surface area (Å²) in [6, 6.07) is 13.1. The van der Waals surface area contributed by atoms with Gasteiger partial charge in [-0.15, -0.1) is 0 Å². The molecule has 2 aromatic carbocycles. The van der Waals surface area contributed by atoms with E-state index in [0.717, 1.165) is 24.2 Å². The Morgan fingerprint density at radius 3 is 2.70 bits per heavy atom. The van der Waals surface area contributed by atoms with Crippen molar-refractivity contribution < 1.29 is 4.79 Å². The van der Waals surface area contributed by atoms with Crippen LogP contribution < -0.4 is 10.6 Å². The summed E-state index contributed by atoms with van der Waals surface area (Å²) in [5.41, 5.74) is 9.60. The summed E-state index contributed by atoms with van der Waals surface area (Å²) in [5, 5.41) is 0.681. The van der Waals surface area contributed by atoms with Gasteiger partial charge in [0.15, 0.2) is 0 Å². The van der Waals surface area contributed by atoms with E-state index < -0.39 is 0 Å². The highest BCUT2D eigenvalue weighted by Gasteiger charge is 2.24. The average Bonchev–Trinajstić information content (AvgIpc) is 2.84. The van der Waals surface area contributed by atoms with E-state index in [1.54, 1.807) is 12.1 Å². The summed E-state index contributed by atoms with van der Waals surface area (Å²) in [5.74, 6) is 0.0941. The lowest BCUT2D eigenvalue weighted by molar-refractivity contribution is -0.117. The molecule has 2 N–H and O–H groups in total. The highest BCUT2D eigenvalue weighted by Crippen LogP contribution is 2.30. The predicted octanol–water partition coefficient (Wildman–Crippen LogP) is 3.05. The fourth-order valence-corrected chi connectivity index (χ4v) is 2.65. The lowest BCUT2D eigenvalue weighted by atomic mass is 10.1. The van der Waals surface area contributed by atoms with Crippen molar-refractivity contribution in [3.05, 3.63) is 58.6 Å². The van der Waals surface area contributed by atoms with Gasteiger partial charge < -0.3 is 10.6 Å². The molecule has 1 aliphatic heterocycles. The van der Waals surface area contributed by atoms with Crippen LogP contribution in [0.5, 0.6) is 0 Å². The lowest BCUT2D eigenvalue weighted by Gasteiger charge is -2.17. The fraction of sp³-hybridized carbons (Fsp3) is 0.188. The molecule has 0 bridgehead atoms. The number of nitrogens with two attached hydrogens (primary N) is 1. The number of carbonyl (C=O) groups excluding carboxylic acids is 1. The first-order chi connectivity index (χ1) is 9.63. The molecule has 3 nitrogen and oxygen atoms in total. The molecule has 0 aromatic heterocycles. The van der Waals surface area contributed by atoms with Crippen LogP contribution in [0.2, 0.25) is 5.02 Å². The van der Waals surface area contributed by atoms with Crippen molar-refractivity contribution in [2.75, 3.05) is 17.2 Å². The van der Waals surface area contributed by atoms with Gasteiger partial charge in [0.25, 0.3) is 0 Å². The van der Waals surface area contributed by atoms with Gasteiger partial charge in [0.1, 0.15) is 0 Å². The Bertz CT molecular complexity index is 652. The number of fused-ring (bicyclic) bond motifs is 1. The molecule has 0 atom stereocenters. The fourth-order valence-electron chi connectivity index (χ4n) is 2.53. The van der Waals surface area contributed by atoms with Gasteiger partial charge in [-0.1, -0.05) is 29.8 Å². The van der Waals surface area contributed by atoms with Crippen LogP contribution in [0.4, 0.5) is 11.4 Å². The first-order valence-electron chi connectivity index (χ1n) is 6.57. The molecule has 0 unspecified atom stereocenters. The Hall–Kier alpha value is -2.00. The van der Waals surface area contributed by atoms with Gasteiger partial charge in [0.05, 0.1) is 6.42 Å². The topological polar surface area (TPSA) is 46.3 Å². The van der Waals surface area contributed by atoms with E-state index in [0.29, 0.717) is 17.1 Å². The van der Waals surface area contributed by atoms with Crippen LogP contribution in [0.15, 0.2) is 42.5 Å². The van der Waals surface area contributed by atoms with Crippen LogP contribution in [-0.2, 0) is 17.6 Å². The van der Waals surface area contributed by atoms with Crippen LogP contribution >= 0.6 is 11.6 Å². The van der Waals surface area contributed by atoms with Gasteiger partial charge in [0, 0.05) is 22.9 Å². The molecule has 1 heterocycles. The van der Waals surface area contributed by atoms with E-state index in [9.17, 15) is 4.79 Å². The number of benzene rings is 2. The zero-order valence-electron chi connectivity index (χ0n) is 11.0. The Morgan fingerprint density at radius 2 is 1.95 bits per heavy atom. The molecule has 20 heavy (non-hydrogen) atoms. The molecule has 0 radical (unpaired) electrons. The van der Waals surface area contributed by atoms with Crippen molar-refractivity contribution in [2.45, 2.75) is 12.8 Å². The monoisotopic (exact) mass is 286 g/mol. The second-order valence-corrected chi connectivity index (χ2v) is 5.42. The van der Waals surface area contributed by atoms with Gasteiger partial charge in [-0.05, 0) is 41.8 Å². The minimum absolute atomic E-state index is 0.0941. The van der Waals surface area contributed by atoms with Crippen LogP contribution in [0.3, 0.4) is 0 Å². The smallest absolute Gasteiger partial charge is 0.231 e. The Labute approximate surface area is 123 Å². The maximum absolute atomic E-state index is 12.4. The SMILES string of the molecule is Nc1ccc2c(c1)N(C(=O)Cc1ccc(Cl)cc1)CC2. The van der Waals surface area contributed by atoms with E-state index in [4.69, 9.17) is 17.3 Å². The van der Waals surface area contributed by atoms with Gasteiger partial charge >= 0.3 is 0 Å². The normalized spacial score (nSPS) is 13.3. The van der Waals surface area contributed by atoms with E-state index in [2.05, 4.69) is 0 Å². The number of rotatable bonds is 2. The van der Waals surface area contributed by atoms with Gasteiger partial charge in [-0.2, -0.15) is 0 Å². The third-order valence-corrected chi connectivity index (χ3v) is 3.83. The molecule has 0 saturated heterocycles. The van der Waals surface area contributed by atoms with E-state index in [1.807, 2.05) is 35.2 Å². The maximum atomic E-state index is 12.4. The molecule has 4 heteroatoms. The second-order valence-electron chi connectivity index (χ2n) is 4.99. The number of anilines is 2. The zero-order valence-corrected chi connectivity index (χ0v) is 11.7. The number of nitrogens with zero attached hydrogens (tertiary/aromatic N) is 1. The molecule has 1 amide bonds. The summed E-state index contributed by atoms with van der Waals surface area (Å²) in [4.78, 5) is 14.2. The molecule has 2 aromatic rings. The van der Waals surface area contributed by atoms with Crippen molar-refractivity contribution >= 4 is 28.9 Å². The Morgan fingerprint density at radius 1 is 1.20 bits per heavy atom. The van der Waals surface area contributed by atoms with Crippen LogP contribution in [0, 0.1) is 0 Å². The average molecular weight is 287 g/mol. The van der Waals surface area contributed by atoms with Gasteiger partial charge in [0.2, 0.25) is 5.91 Å². The number of hydrogen-bond donors (Lipinski definition) is 1. The molecular formula is C16H15ClN2O. The van der Waals surface area contributed by atoms with Crippen LogP contribution in [-0.4, -0.2) is 12.5 Å². The number of carbonyl (C=O) groups is 1. The first kappa shape index (κ1) is 13.0. The van der Waals surface area contributed by atoms with Crippen molar-refractivity contribution in [1.82, 2.24) is 0 Å². The molecule has 102 valence electrons. The third-order valence-electron chi connectivity index (χ3n) is 3.57. The minimum Gasteiger partial charge on any atom is -0.399 e. The Kier molecular flexibility index (Phi) is 3.36. The predicted molar refractivity (Wildman–Crippen MR) is 82.1 cm³/mol. The van der Waals surface area contributed by atoms with Crippen molar-refractivity contribution in [1.29, 1.82) is 0 Å². The quantitative estimate of drug-likeness (QED) is 0.863. The number of hydrogen-bond acceptors (Lipinski definition) is 2. The molecule has 0 fully saturated rings. The van der Waals surface area contributed by atoms with Crippen LogP contribution in [0.25, 0.3) is 0 Å². The molecule has 0 aliphatic carbocycles. The van der Waals surface area contributed by atoms with Crippen molar-refractivity contribution in [3.8, 4) is 0 Å². The summed E-state index contributed by atoms with van der Waals surface area (Å²) in [6.07, 6.45) is 1.27. The lowest BCUT2D eigenvalue weighted by Crippen LogP contribution is -2.30. The van der Waals surface area contributed by atoms with Gasteiger partial charge in [-0.3, -0.25) is 4.79 Å². The molecule has 1 aliphatic rings. The molecule has 3 rings (SSSR count). The standard InChI is InChI=1S/C16H15ClN2O/c17-13-4-1-11(2-5-13)9-16(20)19-8-7-12-3-6-14(18)10-15(12)19/h1-6,10H,7-9,18H2. The van der Waals surface area contributed by atoms with Gasteiger partial charge in [-0.25, -0.2) is 0 Å². The third kappa shape index (κ3) is 2.49. The van der Waals surface area contributed by atoms with E-state index in [-0.39, 0.29) is 5.91 Å². The maximum Gasteiger partial charge on any atom is 0.231 e.